The first kappa shape index (κ1) is 24.7. The van der Waals surface area contributed by atoms with E-state index in [-0.39, 0.29) is 17.6 Å². The molecule has 1 heterocycles. The summed E-state index contributed by atoms with van der Waals surface area (Å²) in [5, 5.41) is 0.0966. The van der Waals surface area contributed by atoms with Gasteiger partial charge < -0.3 is 14.2 Å². The first-order chi connectivity index (χ1) is 15.8. The summed E-state index contributed by atoms with van der Waals surface area (Å²) in [6.07, 6.45) is 1.91. The van der Waals surface area contributed by atoms with Gasteiger partial charge in [0, 0.05) is 10.6 Å². The summed E-state index contributed by atoms with van der Waals surface area (Å²) in [4.78, 5) is 38.3. The van der Waals surface area contributed by atoms with E-state index >= 15 is 0 Å². The van der Waals surface area contributed by atoms with E-state index in [0.29, 0.717) is 28.5 Å². The number of nitrogens with zero attached hydrogens (tertiary/aromatic N) is 1. The Hall–Kier alpha value is -2.97. The molecule has 0 bridgehead atoms. The van der Waals surface area contributed by atoms with Crippen LogP contribution >= 0.6 is 23.4 Å². The molecular formula is C24H24ClNO6S. The summed E-state index contributed by atoms with van der Waals surface area (Å²) in [6.45, 7) is 3.45. The Morgan fingerprint density at radius 3 is 2.58 bits per heavy atom. The van der Waals surface area contributed by atoms with Gasteiger partial charge in [0.2, 0.25) is 0 Å². The molecule has 1 fully saturated rings. The number of carbonyl (C=O) groups is 3. The Morgan fingerprint density at radius 2 is 1.91 bits per heavy atom. The van der Waals surface area contributed by atoms with Crippen LogP contribution in [0.2, 0.25) is 5.02 Å². The lowest BCUT2D eigenvalue weighted by Gasteiger charge is -2.15. The normalized spacial score (nSPS) is 15.6. The number of thioether (sulfide) groups is 1. The number of benzene rings is 2. The maximum Gasteiger partial charge on any atom is 0.326 e. The molecule has 9 heteroatoms. The first-order valence-corrected chi connectivity index (χ1v) is 11.5. The molecule has 0 aromatic heterocycles. The van der Waals surface area contributed by atoms with Crippen LogP contribution in [0, 0.1) is 0 Å². The van der Waals surface area contributed by atoms with Crippen LogP contribution in [0.4, 0.5) is 4.79 Å². The minimum atomic E-state index is -0.624. The highest BCUT2D eigenvalue weighted by atomic mass is 35.5. The van der Waals surface area contributed by atoms with Crippen LogP contribution in [-0.4, -0.2) is 41.8 Å². The van der Waals surface area contributed by atoms with Gasteiger partial charge in [-0.25, -0.2) is 0 Å². The second-order valence-corrected chi connectivity index (χ2v) is 8.70. The molecule has 7 nitrogen and oxygen atoms in total. The Morgan fingerprint density at radius 1 is 1.18 bits per heavy atom. The standard InChI is InChI=1S/C24H24ClNO6S/c1-4-15(2)32-21(27)13-26-23(28)20(33-24(26)29)12-17-6-5-7-19(30-3)22(17)31-14-16-8-10-18(25)11-9-16/h5-12,15H,4,13-14H2,1-3H3/b20-12+/t15-/m0/s1. The average molecular weight is 490 g/mol. The maximum atomic E-state index is 12.8. The van der Waals surface area contributed by atoms with Crippen molar-refractivity contribution in [3.8, 4) is 11.5 Å². The molecule has 0 saturated carbocycles. The van der Waals surface area contributed by atoms with E-state index in [4.69, 9.17) is 25.8 Å². The zero-order chi connectivity index (χ0) is 24.0. The van der Waals surface area contributed by atoms with Crippen LogP contribution in [0.25, 0.3) is 6.08 Å². The largest absolute Gasteiger partial charge is 0.493 e. The SMILES string of the molecule is CC[C@H](C)OC(=O)CN1C(=O)S/C(=C/c2cccc(OC)c2OCc2ccc(Cl)cc2)C1=O. The van der Waals surface area contributed by atoms with Gasteiger partial charge in [0.15, 0.2) is 11.5 Å². The van der Waals surface area contributed by atoms with Gasteiger partial charge in [-0.3, -0.25) is 19.3 Å². The average Bonchev–Trinajstić information content (AvgIpc) is 3.06. The van der Waals surface area contributed by atoms with Crippen molar-refractivity contribution in [2.45, 2.75) is 33.0 Å². The maximum absolute atomic E-state index is 12.8. The van der Waals surface area contributed by atoms with Crippen LogP contribution in [0.3, 0.4) is 0 Å². The number of halogens is 1. The molecule has 0 aliphatic carbocycles. The van der Waals surface area contributed by atoms with E-state index < -0.39 is 23.7 Å². The van der Waals surface area contributed by atoms with Crippen molar-refractivity contribution in [3.63, 3.8) is 0 Å². The minimum absolute atomic E-state index is 0.181. The molecule has 2 aromatic rings. The molecule has 1 aliphatic heterocycles. The number of para-hydroxylation sites is 1. The summed E-state index contributed by atoms with van der Waals surface area (Å²) < 4.78 is 16.6. The summed E-state index contributed by atoms with van der Waals surface area (Å²) >= 11 is 6.70. The number of esters is 1. The summed E-state index contributed by atoms with van der Waals surface area (Å²) in [6, 6.07) is 12.5. The van der Waals surface area contributed by atoms with Crippen molar-refractivity contribution in [2.24, 2.45) is 0 Å². The Kier molecular flexibility index (Phi) is 8.41. The molecule has 2 amide bonds. The van der Waals surface area contributed by atoms with Gasteiger partial charge >= 0.3 is 5.97 Å². The van der Waals surface area contributed by atoms with Crippen LogP contribution in [0.15, 0.2) is 47.4 Å². The number of hydrogen-bond donors (Lipinski definition) is 0. The highest BCUT2D eigenvalue weighted by molar-refractivity contribution is 8.18. The smallest absolute Gasteiger partial charge is 0.326 e. The number of carbonyl (C=O) groups excluding carboxylic acids is 3. The quantitative estimate of drug-likeness (QED) is 0.349. The summed E-state index contributed by atoms with van der Waals surface area (Å²) in [7, 11) is 1.52. The predicted molar refractivity (Wildman–Crippen MR) is 127 cm³/mol. The fourth-order valence-electron chi connectivity index (χ4n) is 2.95. The van der Waals surface area contributed by atoms with Crippen molar-refractivity contribution in [1.29, 1.82) is 0 Å². The molecule has 0 radical (unpaired) electrons. The lowest BCUT2D eigenvalue weighted by molar-refractivity contribution is -0.150. The van der Waals surface area contributed by atoms with E-state index in [1.165, 1.54) is 7.11 Å². The third-order valence-electron chi connectivity index (χ3n) is 4.88. The zero-order valence-corrected chi connectivity index (χ0v) is 20.1. The summed E-state index contributed by atoms with van der Waals surface area (Å²) in [5.74, 6) is -0.272. The molecular weight excluding hydrogens is 466 g/mol. The van der Waals surface area contributed by atoms with E-state index in [9.17, 15) is 14.4 Å². The third-order valence-corrected chi connectivity index (χ3v) is 6.04. The molecule has 1 aliphatic rings. The van der Waals surface area contributed by atoms with Gasteiger partial charge in [-0.2, -0.15) is 0 Å². The number of rotatable bonds is 9. The highest BCUT2D eigenvalue weighted by Gasteiger charge is 2.37. The number of hydrogen-bond acceptors (Lipinski definition) is 7. The fourth-order valence-corrected chi connectivity index (χ4v) is 3.90. The number of imide groups is 1. The molecule has 1 atom stereocenters. The zero-order valence-electron chi connectivity index (χ0n) is 18.5. The molecule has 2 aromatic carbocycles. The predicted octanol–water partition coefficient (Wildman–Crippen LogP) is 5.31. The second kappa shape index (κ2) is 11.2. The van der Waals surface area contributed by atoms with Crippen LogP contribution in [-0.2, 0) is 20.9 Å². The van der Waals surface area contributed by atoms with E-state index in [0.717, 1.165) is 22.2 Å². The summed E-state index contributed by atoms with van der Waals surface area (Å²) in [5.41, 5.74) is 1.47. The molecule has 0 spiro atoms. The van der Waals surface area contributed by atoms with Gasteiger partial charge in [0.05, 0.1) is 18.1 Å². The Bertz CT molecular complexity index is 1070. The van der Waals surface area contributed by atoms with Crippen molar-refractivity contribution in [2.75, 3.05) is 13.7 Å². The Labute approximate surface area is 201 Å². The van der Waals surface area contributed by atoms with E-state index in [1.807, 2.05) is 19.1 Å². The molecule has 3 rings (SSSR count). The lowest BCUT2D eigenvalue weighted by Crippen LogP contribution is -2.35. The van der Waals surface area contributed by atoms with E-state index in [2.05, 4.69) is 0 Å². The molecule has 33 heavy (non-hydrogen) atoms. The van der Waals surface area contributed by atoms with Crippen LogP contribution < -0.4 is 9.47 Å². The van der Waals surface area contributed by atoms with Gasteiger partial charge in [-0.15, -0.1) is 0 Å². The monoisotopic (exact) mass is 489 g/mol. The van der Waals surface area contributed by atoms with Crippen molar-refractivity contribution in [1.82, 2.24) is 4.90 Å². The molecule has 0 unspecified atom stereocenters. The van der Waals surface area contributed by atoms with Gasteiger partial charge in [0.1, 0.15) is 13.2 Å². The minimum Gasteiger partial charge on any atom is -0.493 e. The number of amides is 2. The van der Waals surface area contributed by atoms with Crippen LogP contribution in [0.5, 0.6) is 11.5 Å². The lowest BCUT2D eigenvalue weighted by atomic mass is 10.1. The fraction of sp³-hybridized carbons (Fsp3) is 0.292. The second-order valence-electron chi connectivity index (χ2n) is 7.27. The molecule has 1 saturated heterocycles. The topological polar surface area (TPSA) is 82.1 Å². The van der Waals surface area contributed by atoms with E-state index in [1.54, 1.807) is 43.3 Å². The number of methoxy groups -OCH3 is 1. The van der Waals surface area contributed by atoms with Crippen molar-refractivity contribution >= 4 is 46.6 Å². The van der Waals surface area contributed by atoms with Crippen molar-refractivity contribution < 1.29 is 28.6 Å². The van der Waals surface area contributed by atoms with Gasteiger partial charge in [0.25, 0.3) is 11.1 Å². The highest BCUT2D eigenvalue weighted by Crippen LogP contribution is 2.37. The first-order valence-electron chi connectivity index (χ1n) is 10.3. The number of ether oxygens (including phenoxy) is 3. The van der Waals surface area contributed by atoms with Gasteiger partial charge in [-0.05, 0) is 54.9 Å². The molecule has 0 N–H and O–H groups in total. The van der Waals surface area contributed by atoms with Crippen LogP contribution in [0.1, 0.15) is 31.4 Å². The Balaban J connectivity index is 1.80. The molecule has 174 valence electrons. The van der Waals surface area contributed by atoms with Gasteiger partial charge in [-0.1, -0.05) is 42.8 Å². The van der Waals surface area contributed by atoms with Crippen molar-refractivity contribution in [3.05, 3.63) is 63.5 Å². The third kappa shape index (κ3) is 6.30.